The molecule has 0 aliphatic rings. The minimum Gasteiger partial charge on any atom is -0.410 e. The van der Waals surface area contributed by atoms with Gasteiger partial charge in [-0.15, -0.1) is 0 Å². The van der Waals surface area contributed by atoms with E-state index in [1.165, 1.54) is 11.3 Å². The second-order valence-electron chi connectivity index (χ2n) is 9.83. The third kappa shape index (κ3) is 7.03. The maximum absolute atomic E-state index is 6.74. The molecule has 0 fully saturated rings. The fraction of sp³-hybridized carbons (Fsp3) is 0.650. The topological polar surface area (TPSA) is 21.6 Å². The summed E-state index contributed by atoms with van der Waals surface area (Å²) in [7, 11) is -3.21. The first-order valence-corrected chi connectivity index (χ1v) is 16.0. The zero-order valence-corrected chi connectivity index (χ0v) is 19.4. The van der Waals surface area contributed by atoms with Gasteiger partial charge in [0.1, 0.15) is 0 Å². The van der Waals surface area contributed by atoms with Crippen molar-refractivity contribution in [1.29, 1.82) is 0 Å². The van der Waals surface area contributed by atoms with Crippen LogP contribution in [0.3, 0.4) is 0 Å². The lowest BCUT2D eigenvalue weighted by molar-refractivity contribution is 0.203. The van der Waals surface area contributed by atoms with Gasteiger partial charge in [-0.2, -0.15) is 0 Å². The Morgan fingerprint density at radius 3 is 1.83 bits per heavy atom. The lowest BCUT2D eigenvalue weighted by Gasteiger charge is -2.40. The highest BCUT2D eigenvalue weighted by Crippen LogP contribution is 2.41. The van der Waals surface area contributed by atoms with Crippen molar-refractivity contribution in [1.82, 2.24) is 0 Å². The van der Waals surface area contributed by atoms with Crippen molar-refractivity contribution < 1.29 is 4.43 Å². The van der Waals surface area contributed by atoms with Gasteiger partial charge >= 0.3 is 0 Å². The third-order valence-electron chi connectivity index (χ3n) is 3.81. The van der Waals surface area contributed by atoms with Crippen LogP contribution in [-0.2, 0) is 4.43 Å². The molecule has 0 saturated heterocycles. The molecule has 0 aliphatic carbocycles. The highest BCUT2D eigenvalue weighted by molar-refractivity contribution is 6.81. The van der Waals surface area contributed by atoms with Crippen LogP contribution in [0.25, 0.3) is 0 Å². The van der Waals surface area contributed by atoms with Crippen LogP contribution in [0, 0.1) is 0 Å². The van der Waals surface area contributed by atoms with Gasteiger partial charge in [0.15, 0.2) is 8.32 Å². The van der Waals surface area contributed by atoms with Crippen molar-refractivity contribution >= 4 is 22.1 Å². The van der Waals surface area contributed by atoms with Crippen LogP contribution in [0.1, 0.15) is 39.4 Å². The van der Waals surface area contributed by atoms with E-state index in [1.807, 2.05) is 0 Å². The number of aliphatic imine (C=N–C) groups is 1. The van der Waals surface area contributed by atoms with Gasteiger partial charge in [-0.05, 0) is 52.9 Å². The Morgan fingerprint density at radius 2 is 1.46 bits per heavy atom. The highest BCUT2D eigenvalue weighted by Gasteiger charge is 2.39. The summed E-state index contributed by atoms with van der Waals surface area (Å²) in [6.45, 7) is 22.9. The number of hydrogen-bond acceptors (Lipinski definition) is 2. The Morgan fingerprint density at radius 1 is 0.958 bits per heavy atom. The highest BCUT2D eigenvalue weighted by atomic mass is 28.4. The first kappa shape index (κ1) is 21.3. The summed E-state index contributed by atoms with van der Waals surface area (Å²) in [4.78, 5) is 5.04. The largest absolute Gasteiger partial charge is 0.410 e. The second-order valence-corrected chi connectivity index (χ2v) is 19.6. The molecule has 0 aliphatic heterocycles. The van der Waals surface area contributed by atoms with E-state index in [0.29, 0.717) is 5.54 Å². The van der Waals surface area contributed by atoms with E-state index in [2.05, 4.69) is 97.3 Å². The number of rotatable bonds is 6. The molecule has 2 nitrogen and oxygen atoms in total. The summed E-state index contributed by atoms with van der Waals surface area (Å²) in [6.07, 6.45) is 0.107. The Kier molecular flexibility index (Phi) is 6.81. The average Bonchev–Trinajstić information content (AvgIpc) is 2.33. The molecule has 1 rings (SSSR count). The van der Waals surface area contributed by atoms with Gasteiger partial charge in [0.25, 0.3) is 0 Å². The maximum atomic E-state index is 6.74. The van der Waals surface area contributed by atoms with Crippen molar-refractivity contribution in [3.63, 3.8) is 0 Å². The summed E-state index contributed by atoms with van der Waals surface area (Å²) in [6, 6.07) is 10.7. The molecule has 0 radical (unpaired) electrons. The monoisotopic (exact) mass is 363 g/mol. The molecule has 0 bridgehead atoms. The van der Waals surface area contributed by atoms with Gasteiger partial charge in [0.05, 0.1) is 19.7 Å². The van der Waals surface area contributed by atoms with E-state index in [4.69, 9.17) is 9.42 Å². The van der Waals surface area contributed by atoms with Crippen LogP contribution in [-0.4, -0.2) is 27.6 Å². The fourth-order valence-electron chi connectivity index (χ4n) is 3.25. The Hall–Kier alpha value is -0.716. The van der Waals surface area contributed by atoms with E-state index < -0.39 is 16.4 Å². The molecule has 1 aromatic carbocycles. The van der Waals surface area contributed by atoms with Crippen molar-refractivity contribution in [2.45, 2.75) is 84.2 Å². The number of benzene rings is 1. The first-order valence-electron chi connectivity index (χ1n) is 9.00. The van der Waals surface area contributed by atoms with Crippen molar-refractivity contribution in [3.05, 3.63) is 35.9 Å². The summed E-state index contributed by atoms with van der Waals surface area (Å²) in [5.41, 5.74) is 2.86. The molecule has 0 spiro atoms. The van der Waals surface area contributed by atoms with Crippen LogP contribution >= 0.6 is 0 Å². The van der Waals surface area contributed by atoms with Gasteiger partial charge in [-0.3, -0.25) is 4.99 Å². The molecular weight excluding hydrogens is 326 g/mol. The standard InChI is InChI=1S/C20H37NOSi2/c1-16(21-20(2,3)4)19(23(5,6)7)18(22-24(8,9)10)17-14-12-11-13-15-17/h11-15,18-19H,1-10H3. The van der Waals surface area contributed by atoms with E-state index >= 15 is 0 Å². The van der Waals surface area contributed by atoms with Gasteiger partial charge in [0, 0.05) is 11.3 Å². The summed E-state index contributed by atoms with van der Waals surface area (Å²) in [5, 5.41) is 0. The molecule has 2 atom stereocenters. The molecule has 0 saturated carbocycles. The molecule has 0 N–H and O–H groups in total. The third-order valence-corrected chi connectivity index (χ3v) is 7.35. The van der Waals surface area contributed by atoms with Gasteiger partial charge in [-0.25, -0.2) is 0 Å². The Labute approximate surface area is 151 Å². The molecule has 1 aromatic rings. The predicted molar refractivity (Wildman–Crippen MR) is 114 cm³/mol. The van der Waals surface area contributed by atoms with Crippen LogP contribution in [0.4, 0.5) is 0 Å². The molecule has 24 heavy (non-hydrogen) atoms. The van der Waals surface area contributed by atoms with E-state index in [1.54, 1.807) is 0 Å². The lowest BCUT2D eigenvalue weighted by Crippen LogP contribution is -2.42. The normalized spacial score (nSPS) is 16.8. The SMILES string of the molecule is CC(=NC(C)(C)C)C(C(O[Si](C)(C)C)c1ccccc1)[Si](C)(C)C. The van der Waals surface area contributed by atoms with Gasteiger partial charge < -0.3 is 4.43 Å². The molecular formula is C20H37NOSi2. The lowest BCUT2D eigenvalue weighted by atomic mass is 10.0. The van der Waals surface area contributed by atoms with Crippen LogP contribution in [0.2, 0.25) is 44.8 Å². The molecule has 0 aromatic heterocycles. The van der Waals surface area contributed by atoms with Crippen molar-refractivity contribution in [3.8, 4) is 0 Å². The minimum absolute atomic E-state index is 0.0532. The number of nitrogens with zero attached hydrogens (tertiary/aromatic N) is 1. The fourth-order valence-corrected chi connectivity index (χ4v) is 6.91. The second kappa shape index (κ2) is 7.67. The van der Waals surface area contributed by atoms with Gasteiger partial charge in [0.2, 0.25) is 0 Å². The summed E-state index contributed by atoms with van der Waals surface area (Å²) < 4.78 is 6.74. The van der Waals surface area contributed by atoms with Crippen molar-refractivity contribution in [2.75, 3.05) is 0 Å². The Balaban J connectivity index is 3.44. The zero-order chi connectivity index (χ0) is 18.8. The molecule has 0 heterocycles. The molecule has 136 valence electrons. The van der Waals surface area contributed by atoms with Gasteiger partial charge in [-0.1, -0.05) is 50.0 Å². The smallest absolute Gasteiger partial charge is 0.184 e. The van der Waals surface area contributed by atoms with E-state index in [-0.39, 0.29) is 11.6 Å². The summed E-state index contributed by atoms with van der Waals surface area (Å²) >= 11 is 0. The van der Waals surface area contributed by atoms with E-state index in [9.17, 15) is 0 Å². The quantitative estimate of drug-likeness (QED) is 0.415. The molecule has 4 heteroatoms. The number of hydrogen-bond donors (Lipinski definition) is 0. The minimum atomic E-state index is -1.68. The van der Waals surface area contributed by atoms with Crippen LogP contribution < -0.4 is 0 Å². The Bertz CT molecular complexity index is 548. The predicted octanol–water partition coefficient (Wildman–Crippen LogP) is 6.55. The first-order chi connectivity index (χ1) is 10.7. The maximum Gasteiger partial charge on any atom is 0.184 e. The average molecular weight is 364 g/mol. The molecule has 2 unspecified atom stereocenters. The van der Waals surface area contributed by atoms with Crippen LogP contribution in [0.5, 0.6) is 0 Å². The van der Waals surface area contributed by atoms with E-state index in [0.717, 1.165) is 0 Å². The van der Waals surface area contributed by atoms with Crippen LogP contribution in [0.15, 0.2) is 35.3 Å². The van der Waals surface area contributed by atoms with Crippen molar-refractivity contribution in [2.24, 2.45) is 4.99 Å². The zero-order valence-electron chi connectivity index (χ0n) is 17.4. The molecule has 0 amide bonds. The summed E-state index contributed by atoms with van der Waals surface area (Å²) in [5.74, 6) is 0.